The van der Waals surface area contributed by atoms with Crippen molar-refractivity contribution in [3.8, 4) is 23.0 Å². The molecule has 0 saturated heterocycles. The van der Waals surface area contributed by atoms with Crippen molar-refractivity contribution in [3.63, 3.8) is 0 Å². The third-order valence-corrected chi connectivity index (χ3v) is 4.69. The summed E-state index contributed by atoms with van der Waals surface area (Å²) in [6.07, 6.45) is 1.85. The Balaban J connectivity index is 1.90. The molecule has 0 aromatic heterocycles. The zero-order valence-corrected chi connectivity index (χ0v) is 15.2. The topological polar surface area (TPSA) is 49.0 Å². The lowest BCUT2D eigenvalue weighted by molar-refractivity contribution is 0.351. The molecule has 0 fully saturated rings. The van der Waals surface area contributed by atoms with Gasteiger partial charge in [-0.25, -0.2) is 0 Å². The maximum atomic E-state index is 5.48. The van der Waals surface area contributed by atoms with E-state index in [9.17, 15) is 0 Å². The maximum Gasteiger partial charge on any atom is 0.161 e. The number of nitrogens with one attached hydrogen (secondary N) is 1. The first-order valence-corrected chi connectivity index (χ1v) is 8.39. The fourth-order valence-corrected chi connectivity index (χ4v) is 3.39. The van der Waals surface area contributed by atoms with Gasteiger partial charge in [0.25, 0.3) is 0 Å². The van der Waals surface area contributed by atoms with E-state index in [4.69, 9.17) is 18.9 Å². The smallest absolute Gasteiger partial charge is 0.161 e. The van der Waals surface area contributed by atoms with Gasteiger partial charge in [-0.3, -0.25) is 0 Å². The molecule has 0 saturated carbocycles. The highest BCUT2D eigenvalue weighted by molar-refractivity contribution is 5.50. The number of benzene rings is 2. The number of ether oxygens (including phenoxy) is 4. The summed E-state index contributed by atoms with van der Waals surface area (Å²) in [4.78, 5) is 0. The number of hydrogen-bond acceptors (Lipinski definition) is 5. The third-order valence-electron chi connectivity index (χ3n) is 4.69. The fourth-order valence-electron chi connectivity index (χ4n) is 3.39. The molecule has 5 heteroatoms. The quantitative estimate of drug-likeness (QED) is 0.873. The Bertz CT molecular complexity index is 745. The molecule has 3 rings (SSSR count). The molecule has 1 N–H and O–H groups in total. The van der Waals surface area contributed by atoms with Crippen LogP contribution >= 0.6 is 0 Å². The molecule has 25 heavy (non-hydrogen) atoms. The Morgan fingerprint density at radius 3 is 2.16 bits per heavy atom. The second-order valence-electron chi connectivity index (χ2n) is 6.06. The molecule has 0 spiro atoms. The number of rotatable bonds is 6. The summed E-state index contributed by atoms with van der Waals surface area (Å²) < 4.78 is 21.7. The first kappa shape index (κ1) is 17.4. The summed E-state index contributed by atoms with van der Waals surface area (Å²) in [5.41, 5.74) is 3.76. The fraction of sp³-hybridized carbons (Fsp3) is 0.400. The van der Waals surface area contributed by atoms with Crippen molar-refractivity contribution in [2.45, 2.75) is 18.9 Å². The second-order valence-corrected chi connectivity index (χ2v) is 6.06. The standard InChI is InChI=1S/C20H25NO4/c1-22-17-6-5-13(10-18(17)23-2)9-16-15-12-20(25-4)19(24-3)11-14(15)7-8-21-16/h5-6,10-12,16,21H,7-9H2,1-4H3/t16-/m1/s1. The van der Waals surface area contributed by atoms with Crippen LogP contribution in [0.15, 0.2) is 30.3 Å². The van der Waals surface area contributed by atoms with Crippen LogP contribution in [0.1, 0.15) is 22.7 Å². The lowest BCUT2D eigenvalue weighted by atomic mass is 9.89. The largest absolute Gasteiger partial charge is 0.493 e. The molecule has 0 bridgehead atoms. The molecule has 134 valence electrons. The number of fused-ring (bicyclic) bond motifs is 1. The van der Waals surface area contributed by atoms with Gasteiger partial charge in [0.1, 0.15) is 0 Å². The van der Waals surface area contributed by atoms with Crippen molar-refractivity contribution in [1.82, 2.24) is 5.32 Å². The van der Waals surface area contributed by atoms with E-state index in [1.807, 2.05) is 12.1 Å². The van der Waals surface area contributed by atoms with Crippen molar-refractivity contribution in [2.24, 2.45) is 0 Å². The highest BCUT2D eigenvalue weighted by Gasteiger charge is 2.23. The van der Waals surface area contributed by atoms with E-state index in [-0.39, 0.29) is 6.04 Å². The van der Waals surface area contributed by atoms with Crippen LogP contribution in [0.4, 0.5) is 0 Å². The van der Waals surface area contributed by atoms with Gasteiger partial charge in [0.2, 0.25) is 0 Å². The van der Waals surface area contributed by atoms with E-state index in [1.165, 1.54) is 16.7 Å². The van der Waals surface area contributed by atoms with Gasteiger partial charge in [-0.1, -0.05) is 6.07 Å². The van der Waals surface area contributed by atoms with Crippen LogP contribution < -0.4 is 24.3 Å². The van der Waals surface area contributed by atoms with Gasteiger partial charge < -0.3 is 24.3 Å². The average molecular weight is 343 g/mol. The van der Waals surface area contributed by atoms with Gasteiger partial charge in [-0.2, -0.15) is 0 Å². The summed E-state index contributed by atoms with van der Waals surface area (Å²) in [6.45, 7) is 0.945. The Morgan fingerprint density at radius 1 is 0.840 bits per heavy atom. The molecule has 0 amide bonds. The van der Waals surface area contributed by atoms with Crippen LogP contribution in [-0.4, -0.2) is 35.0 Å². The predicted molar refractivity (Wildman–Crippen MR) is 97.2 cm³/mol. The van der Waals surface area contributed by atoms with Crippen molar-refractivity contribution in [1.29, 1.82) is 0 Å². The molecule has 1 aliphatic rings. The Morgan fingerprint density at radius 2 is 1.48 bits per heavy atom. The van der Waals surface area contributed by atoms with Crippen molar-refractivity contribution in [2.75, 3.05) is 35.0 Å². The second kappa shape index (κ2) is 7.66. The summed E-state index contributed by atoms with van der Waals surface area (Å²) in [5.74, 6) is 3.05. The summed E-state index contributed by atoms with van der Waals surface area (Å²) in [6, 6.07) is 10.5. The molecule has 0 radical (unpaired) electrons. The highest BCUT2D eigenvalue weighted by Crippen LogP contribution is 2.37. The molecule has 1 heterocycles. The lowest BCUT2D eigenvalue weighted by Gasteiger charge is -2.28. The first-order chi connectivity index (χ1) is 12.2. The van der Waals surface area contributed by atoms with Gasteiger partial charge in [0.15, 0.2) is 23.0 Å². The molecule has 1 atom stereocenters. The van der Waals surface area contributed by atoms with Crippen LogP contribution in [0.5, 0.6) is 23.0 Å². The van der Waals surface area contributed by atoms with Gasteiger partial charge in [0, 0.05) is 6.04 Å². The van der Waals surface area contributed by atoms with E-state index in [2.05, 4.69) is 23.5 Å². The van der Waals surface area contributed by atoms with Gasteiger partial charge >= 0.3 is 0 Å². The van der Waals surface area contributed by atoms with E-state index in [0.717, 1.165) is 42.4 Å². The van der Waals surface area contributed by atoms with Crippen LogP contribution in [0.3, 0.4) is 0 Å². The van der Waals surface area contributed by atoms with Crippen molar-refractivity contribution in [3.05, 3.63) is 47.0 Å². The van der Waals surface area contributed by atoms with E-state index in [0.29, 0.717) is 0 Å². The minimum Gasteiger partial charge on any atom is -0.493 e. The van der Waals surface area contributed by atoms with E-state index >= 15 is 0 Å². The molecule has 2 aromatic carbocycles. The van der Waals surface area contributed by atoms with Gasteiger partial charge in [-0.05, 0) is 60.3 Å². The summed E-state index contributed by atoms with van der Waals surface area (Å²) in [5, 5.41) is 3.61. The molecular weight excluding hydrogens is 318 g/mol. The molecule has 2 aromatic rings. The average Bonchev–Trinajstić information content (AvgIpc) is 2.66. The monoisotopic (exact) mass is 343 g/mol. The zero-order valence-electron chi connectivity index (χ0n) is 15.2. The highest BCUT2D eigenvalue weighted by atomic mass is 16.5. The van der Waals surface area contributed by atoms with E-state index < -0.39 is 0 Å². The van der Waals surface area contributed by atoms with Gasteiger partial charge in [0.05, 0.1) is 28.4 Å². The van der Waals surface area contributed by atoms with Crippen molar-refractivity contribution >= 4 is 0 Å². The van der Waals surface area contributed by atoms with Gasteiger partial charge in [-0.15, -0.1) is 0 Å². The minimum absolute atomic E-state index is 0.224. The van der Waals surface area contributed by atoms with Crippen LogP contribution in [0.2, 0.25) is 0 Å². The first-order valence-electron chi connectivity index (χ1n) is 8.39. The molecule has 0 aliphatic carbocycles. The minimum atomic E-state index is 0.224. The Hall–Kier alpha value is -2.40. The van der Waals surface area contributed by atoms with Crippen LogP contribution in [0, 0.1) is 0 Å². The molecule has 1 aliphatic heterocycles. The normalized spacial score (nSPS) is 16.1. The number of methoxy groups -OCH3 is 4. The van der Waals surface area contributed by atoms with Crippen LogP contribution in [0.25, 0.3) is 0 Å². The molecular formula is C20H25NO4. The summed E-state index contributed by atoms with van der Waals surface area (Å²) >= 11 is 0. The lowest BCUT2D eigenvalue weighted by Crippen LogP contribution is -2.31. The maximum absolute atomic E-state index is 5.48. The molecule has 5 nitrogen and oxygen atoms in total. The Labute approximate surface area is 148 Å². The van der Waals surface area contributed by atoms with Crippen LogP contribution in [-0.2, 0) is 12.8 Å². The Kier molecular flexibility index (Phi) is 5.34. The van der Waals surface area contributed by atoms with Crippen molar-refractivity contribution < 1.29 is 18.9 Å². The van der Waals surface area contributed by atoms with E-state index in [1.54, 1.807) is 28.4 Å². The zero-order chi connectivity index (χ0) is 17.8. The number of hydrogen-bond donors (Lipinski definition) is 1. The summed E-state index contributed by atoms with van der Waals surface area (Å²) in [7, 11) is 6.65. The third kappa shape index (κ3) is 3.51. The predicted octanol–water partition coefficient (Wildman–Crippen LogP) is 3.15. The SMILES string of the molecule is COc1ccc(C[C@H]2NCCc3cc(OC)c(OC)cc32)cc1OC. The molecule has 0 unspecified atom stereocenters.